The first-order valence-electron chi connectivity index (χ1n) is 7.10. The second kappa shape index (κ2) is 6.40. The molecule has 22 heavy (non-hydrogen) atoms. The second-order valence-electron chi connectivity index (χ2n) is 5.60. The zero-order valence-corrected chi connectivity index (χ0v) is 13.5. The van der Waals surface area contributed by atoms with E-state index in [0.29, 0.717) is 11.5 Å². The molecule has 0 spiro atoms. The van der Waals surface area contributed by atoms with Crippen LogP contribution in [0.3, 0.4) is 0 Å². The highest BCUT2D eigenvalue weighted by molar-refractivity contribution is 7.91. The Bertz CT molecular complexity index is 618. The van der Waals surface area contributed by atoms with Gasteiger partial charge in [-0.15, -0.1) is 0 Å². The monoisotopic (exact) mass is 334 g/mol. The van der Waals surface area contributed by atoms with Gasteiger partial charge in [0.15, 0.2) is 21.3 Å². The summed E-state index contributed by atoms with van der Waals surface area (Å²) in [6.07, 6.45) is -0.00270. The van der Waals surface area contributed by atoms with Crippen LogP contribution in [-0.2, 0) is 9.84 Å². The summed E-state index contributed by atoms with van der Waals surface area (Å²) in [6.45, 7) is 0. The lowest BCUT2D eigenvalue weighted by molar-refractivity contribution is -0.0435. The molecule has 0 N–H and O–H groups in total. The summed E-state index contributed by atoms with van der Waals surface area (Å²) < 4.78 is 61.3. The SMILES string of the molecule is COc1ccc(S(=O)(=O)CC2CCC(F)(F)CC2)cc1OC. The number of hydrogen-bond donors (Lipinski definition) is 0. The van der Waals surface area contributed by atoms with Gasteiger partial charge in [-0.1, -0.05) is 0 Å². The fraction of sp³-hybridized carbons (Fsp3) is 0.600. The molecular formula is C15H20F2O4S. The average Bonchev–Trinajstić information content (AvgIpc) is 2.48. The van der Waals surface area contributed by atoms with Gasteiger partial charge in [0, 0.05) is 18.9 Å². The van der Waals surface area contributed by atoms with E-state index in [1.807, 2.05) is 0 Å². The van der Waals surface area contributed by atoms with E-state index in [9.17, 15) is 17.2 Å². The van der Waals surface area contributed by atoms with Crippen molar-refractivity contribution in [2.75, 3.05) is 20.0 Å². The number of hydrogen-bond acceptors (Lipinski definition) is 4. The van der Waals surface area contributed by atoms with Crippen molar-refractivity contribution in [3.05, 3.63) is 18.2 Å². The summed E-state index contributed by atoms with van der Waals surface area (Å²) >= 11 is 0. The molecule has 4 nitrogen and oxygen atoms in total. The largest absolute Gasteiger partial charge is 0.493 e. The van der Waals surface area contributed by atoms with Crippen LogP contribution in [0.25, 0.3) is 0 Å². The minimum absolute atomic E-state index is 0.113. The summed E-state index contributed by atoms with van der Waals surface area (Å²) in [5.74, 6) is -2.21. The van der Waals surface area contributed by atoms with Crippen LogP contribution >= 0.6 is 0 Å². The van der Waals surface area contributed by atoms with Crippen LogP contribution in [0.4, 0.5) is 8.78 Å². The molecule has 2 rings (SSSR count). The van der Waals surface area contributed by atoms with Crippen LogP contribution < -0.4 is 9.47 Å². The smallest absolute Gasteiger partial charge is 0.248 e. The predicted molar refractivity (Wildman–Crippen MR) is 78.5 cm³/mol. The molecule has 7 heteroatoms. The first kappa shape index (κ1) is 17.0. The molecule has 0 aliphatic heterocycles. The minimum atomic E-state index is -3.54. The maximum absolute atomic E-state index is 13.1. The van der Waals surface area contributed by atoms with Gasteiger partial charge in [0.05, 0.1) is 24.9 Å². The summed E-state index contributed by atoms with van der Waals surface area (Å²) in [6, 6.07) is 4.39. The summed E-state index contributed by atoms with van der Waals surface area (Å²) in [5.41, 5.74) is 0. The number of sulfone groups is 1. The van der Waals surface area contributed by atoms with Crippen molar-refractivity contribution >= 4 is 9.84 Å². The van der Waals surface area contributed by atoms with E-state index in [-0.39, 0.29) is 42.2 Å². The lowest BCUT2D eigenvalue weighted by Gasteiger charge is -2.28. The van der Waals surface area contributed by atoms with E-state index in [1.165, 1.54) is 32.4 Å². The van der Waals surface area contributed by atoms with Crippen molar-refractivity contribution in [3.8, 4) is 11.5 Å². The maximum atomic E-state index is 13.1. The Kier molecular flexibility index (Phi) is 4.94. The van der Waals surface area contributed by atoms with Gasteiger partial charge in [-0.2, -0.15) is 0 Å². The zero-order chi connectivity index (χ0) is 16.4. The number of halogens is 2. The van der Waals surface area contributed by atoms with Gasteiger partial charge in [-0.25, -0.2) is 17.2 Å². The van der Waals surface area contributed by atoms with Crippen LogP contribution in [0.1, 0.15) is 25.7 Å². The highest BCUT2D eigenvalue weighted by Crippen LogP contribution is 2.38. The van der Waals surface area contributed by atoms with Gasteiger partial charge in [0.2, 0.25) is 5.92 Å². The molecule has 0 heterocycles. The third-order valence-corrected chi connectivity index (χ3v) is 5.89. The van der Waals surface area contributed by atoms with Crippen molar-refractivity contribution in [2.45, 2.75) is 36.5 Å². The first-order chi connectivity index (χ1) is 10.3. The van der Waals surface area contributed by atoms with Gasteiger partial charge >= 0.3 is 0 Å². The van der Waals surface area contributed by atoms with Crippen LogP contribution in [0, 0.1) is 5.92 Å². The van der Waals surface area contributed by atoms with E-state index >= 15 is 0 Å². The fourth-order valence-electron chi connectivity index (χ4n) is 2.68. The summed E-state index contributed by atoms with van der Waals surface area (Å²) in [7, 11) is -0.641. The lowest BCUT2D eigenvalue weighted by Crippen LogP contribution is -2.28. The van der Waals surface area contributed by atoms with Gasteiger partial charge in [0.25, 0.3) is 0 Å². The molecule has 0 atom stereocenters. The number of methoxy groups -OCH3 is 2. The Labute approximate surface area is 129 Å². The van der Waals surface area contributed by atoms with Crippen LogP contribution in [0.15, 0.2) is 23.1 Å². The standard InChI is InChI=1S/C15H20F2O4S/c1-20-13-4-3-12(9-14(13)21-2)22(18,19)10-11-5-7-15(16,17)8-6-11/h3-4,9,11H,5-8,10H2,1-2H3. The van der Waals surface area contributed by atoms with Gasteiger partial charge in [-0.05, 0) is 30.9 Å². The molecule has 0 amide bonds. The molecule has 1 aromatic carbocycles. The number of rotatable bonds is 5. The van der Waals surface area contributed by atoms with E-state index in [1.54, 1.807) is 0 Å². The second-order valence-corrected chi connectivity index (χ2v) is 7.63. The normalized spacial score (nSPS) is 18.9. The molecule has 0 radical (unpaired) electrons. The molecule has 124 valence electrons. The maximum Gasteiger partial charge on any atom is 0.248 e. The third-order valence-electron chi connectivity index (χ3n) is 4.01. The lowest BCUT2D eigenvalue weighted by atomic mass is 9.88. The molecule has 1 aliphatic carbocycles. The molecule has 1 aromatic rings. The van der Waals surface area contributed by atoms with Crippen LogP contribution in [-0.4, -0.2) is 34.3 Å². The molecule has 0 bridgehead atoms. The highest BCUT2D eigenvalue weighted by atomic mass is 32.2. The van der Waals surface area contributed by atoms with Gasteiger partial charge in [0.1, 0.15) is 0 Å². The molecular weight excluding hydrogens is 314 g/mol. The van der Waals surface area contributed by atoms with Gasteiger partial charge < -0.3 is 9.47 Å². The van der Waals surface area contributed by atoms with E-state index in [0.717, 1.165) is 0 Å². The fourth-order valence-corrected chi connectivity index (χ4v) is 4.39. The van der Waals surface area contributed by atoms with Crippen molar-refractivity contribution in [1.29, 1.82) is 0 Å². The highest BCUT2D eigenvalue weighted by Gasteiger charge is 2.36. The number of benzene rings is 1. The molecule has 0 unspecified atom stereocenters. The molecule has 0 aromatic heterocycles. The quantitative estimate of drug-likeness (QED) is 0.829. The van der Waals surface area contributed by atoms with Crippen molar-refractivity contribution in [1.82, 2.24) is 0 Å². The summed E-state index contributed by atoms with van der Waals surface area (Å²) in [5, 5.41) is 0. The minimum Gasteiger partial charge on any atom is -0.493 e. The van der Waals surface area contributed by atoms with Gasteiger partial charge in [-0.3, -0.25) is 0 Å². The number of alkyl halides is 2. The average molecular weight is 334 g/mol. The topological polar surface area (TPSA) is 52.6 Å². The van der Waals surface area contributed by atoms with E-state index in [2.05, 4.69) is 0 Å². The Morgan fingerprint density at radius 2 is 1.73 bits per heavy atom. The zero-order valence-electron chi connectivity index (χ0n) is 12.6. The molecule has 1 aliphatic rings. The van der Waals surface area contributed by atoms with Crippen molar-refractivity contribution in [3.63, 3.8) is 0 Å². The predicted octanol–water partition coefficient (Wildman–Crippen LogP) is 3.30. The van der Waals surface area contributed by atoms with Crippen molar-refractivity contribution < 1.29 is 26.7 Å². The molecule has 1 fully saturated rings. The van der Waals surface area contributed by atoms with E-state index in [4.69, 9.17) is 9.47 Å². The Morgan fingerprint density at radius 3 is 2.27 bits per heavy atom. The Balaban J connectivity index is 2.14. The van der Waals surface area contributed by atoms with Crippen LogP contribution in [0.5, 0.6) is 11.5 Å². The Hall–Kier alpha value is -1.37. The number of ether oxygens (including phenoxy) is 2. The van der Waals surface area contributed by atoms with Crippen molar-refractivity contribution in [2.24, 2.45) is 5.92 Å². The van der Waals surface area contributed by atoms with E-state index < -0.39 is 15.8 Å². The van der Waals surface area contributed by atoms with Crippen LogP contribution in [0.2, 0.25) is 0 Å². The first-order valence-corrected chi connectivity index (χ1v) is 8.75. The third kappa shape index (κ3) is 3.88. The molecule has 0 saturated heterocycles. The Morgan fingerprint density at radius 1 is 1.14 bits per heavy atom. The summed E-state index contributed by atoms with van der Waals surface area (Å²) in [4.78, 5) is 0.127. The molecule has 1 saturated carbocycles.